The van der Waals surface area contributed by atoms with Gasteiger partial charge in [-0.25, -0.2) is 9.59 Å². The number of nitro groups is 1. The zero-order valence-electron chi connectivity index (χ0n) is 13.0. The Morgan fingerprint density at radius 3 is 2.52 bits per heavy atom. The molecular weight excluding hydrogens is 308 g/mol. The molecule has 0 saturated heterocycles. The van der Waals surface area contributed by atoms with Crippen LogP contribution in [0.15, 0.2) is 18.2 Å². The summed E-state index contributed by atoms with van der Waals surface area (Å²) < 4.78 is 10.3. The molecule has 23 heavy (non-hydrogen) atoms. The van der Waals surface area contributed by atoms with Gasteiger partial charge in [-0.1, -0.05) is 0 Å². The number of amides is 1. The number of carboxylic acid groups (broad SMARTS) is 1. The number of alkyl carbamates (subject to hydrolysis) is 1. The molecule has 1 amide bonds. The number of carbonyl (C=O) groups is 2. The summed E-state index contributed by atoms with van der Waals surface area (Å²) in [6, 6.07) is 3.26. The molecule has 0 aromatic heterocycles. The van der Waals surface area contributed by atoms with E-state index in [1.165, 1.54) is 6.07 Å². The molecule has 0 spiro atoms. The Hall–Kier alpha value is -2.84. The third-order valence-electron chi connectivity index (χ3n) is 2.43. The Labute approximate surface area is 132 Å². The largest absolute Gasteiger partial charge is 0.491 e. The van der Waals surface area contributed by atoms with Gasteiger partial charge < -0.3 is 19.9 Å². The van der Waals surface area contributed by atoms with Crippen LogP contribution in [0.3, 0.4) is 0 Å². The van der Waals surface area contributed by atoms with Gasteiger partial charge in [-0.05, 0) is 26.8 Å². The molecule has 1 rings (SSSR count). The fourth-order valence-electron chi connectivity index (χ4n) is 1.55. The number of carboxylic acids is 1. The number of non-ortho nitro benzene ring substituents is 1. The maximum Gasteiger partial charge on any atom is 0.407 e. The number of rotatable bonds is 6. The molecule has 0 aliphatic carbocycles. The van der Waals surface area contributed by atoms with E-state index in [2.05, 4.69) is 5.32 Å². The molecule has 0 heterocycles. The lowest BCUT2D eigenvalue weighted by atomic mass is 10.2. The van der Waals surface area contributed by atoms with Gasteiger partial charge in [-0.15, -0.1) is 0 Å². The van der Waals surface area contributed by atoms with Gasteiger partial charge >= 0.3 is 12.1 Å². The van der Waals surface area contributed by atoms with Crippen LogP contribution in [0, 0.1) is 10.1 Å². The number of hydrogen-bond donors (Lipinski definition) is 2. The summed E-state index contributed by atoms with van der Waals surface area (Å²) >= 11 is 0. The number of nitro benzene ring substituents is 1. The molecule has 9 heteroatoms. The van der Waals surface area contributed by atoms with E-state index in [1.807, 2.05) is 0 Å². The fourth-order valence-corrected chi connectivity index (χ4v) is 1.55. The van der Waals surface area contributed by atoms with Gasteiger partial charge in [-0.2, -0.15) is 0 Å². The second-order valence-electron chi connectivity index (χ2n) is 5.52. The Morgan fingerprint density at radius 2 is 2.00 bits per heavy atom. The first kappa shape index (κ1) is 18.2. The van der Waals surface area contributed by atoms with E-state index in [1.54, 1.807) is 20.8 Å². The van der Waals surface area contributed by atoms with Crippen molar-refractivity contribution in [2.45, 2.75) is 26.4 Å². The van der Waals surface area contributed by atoms with Crippen LogP contribution < -0.4 is 10.1 Å². The lowest BCUT2D eigenvalue weighted by Crippen LogP contribution is -2.34. The molecule has 0 atom stereocenters. The predicted molar refractivity (Wildman–Crippen MR) is 79.8 cm³/mol. The number of benzene rings is 1. The molecule has 1 aromatic carbocycles. The second kappa shape index (κ2) is 7.43. The van der Waals surface area contributed by atoms with Gasteiger partial charge in [0, 0.05) is 12.1 Å². The normalized spacial score (nSPS) is 10.7. The zero-order valence-corrected chi connectivity index (χ0v) is 13.0. The van der Waals surface area contributed by atoms with E-state index in [9.17, 15) is 19.7 Å². The number of carbonyl (C=O) groups excluding carboxylic acids is 1. The predicted octanol–water partition coefficient (Wildman–Crippen LogP) is 2.20. The Morgan fingerprint density at radius 1 is 1.35 bits per heavy atom. The van der Waals surface area contributed by atoms with E-state index in [-0.39, 0.29) is 30.2 Å². The average Bonchev–Trinajstić information content (AvgIpc) is 2.41. The summed E-state index contributed by atoms with van der Waals surface area (Å²) in [5.74, 6) is -1.36. The van der Waals surface area contributed by atoms with Crippen molar-refractivity contribution < 1.29 is 29.1 Å². The number of ether oxygens (including phenoxy) is 2. The van der Waals surface area contributed by atoms with Crippen molar-refractivity contribution in [3.8, 4) is 5.75 Å². The molecule has 0 saturated carbocycles. The van der Waals surface area contributed by atoms with Gasteiger partial charge in [0.25, 0.3) is 5.69 Å². The average molecular weight is 326 g/mol. The monoisotopic (exact) mass is 326 g/mol. The maximum atomic E-state index is 11.4. The number of nitrogens with one attached hydrogen (secondary N) is 1. The third-order valence-corrected chi connectivity index (χ3v) is 2.43. The summed E-state index contributed by atoms with van der Waals surface area (Å²) in [6.45, 7) is 5.24. The third kappa shape index (κ3) is 6.20. The summed E-state index contributed by atoms with van der Waals surface area (Å²) in [5, 5.41) is 22.1. The van der Waals surface area contributed by atoms with E-state index in [0.717, 1.165) is 12.1 Å². The highest BCUT2D eigenvalue weighted by molar-refractivity contribution is 5.91. The SMILES string of the molecule is CC(C)(C)OC(=O)NCCOc1ccc([N+](=O)[O-])cc1C(=O)O. The standard InChI is InChI=1S/C14H18N2O7/c1-14(2,3)23-13(19)15-6-7-22-11-5-4-9(16(20)21)8-10(11)12(17)18/h4-5,8H,6-7H2,1-3H3,(H,15,19)(H,17,18). The molecule has 9 nitrogen and oxygen atoms in total. The summed E-state index contributed by atoms with van der Waals surface area (Å²) in [4.78, 5) is 32.5. The lowest BCUT2D eigenvalue weighted by molar-refractivity contribution is -0.384. The molecule has 0 aliphatic rings. The Bertz CT molecular complexity index is 608. The van der Waals surface area contributed by atoms with Crippen LogP contribution in [0.5, 0.6) is 5.75 Å². The highest BCUT2D eigenvalue weighted by Gasteiger charge is 2.18. The summed E-state index contributed by atoms with van der Waals surface area (Å²) in [7, 11) is 0. The van der Waals surface area contributed by atoms with Crippen LogP contribution in [-0.2, 0) is 4.74 Å². The van der Waals surface area contributed by atoms with E-state index in [0.29, 0.717) is 0 Å². The fraction of sp³-hybridized carbons (Fsp3) is 0.429. The van der Waals surface area contributed by atoms with Crippen LogP contribution in [0.4, 0.5) is 10.5 Å². The van der Waals surface area contributed by atoms with Crippen molar-refractivity contribution >= 4 is 17.7 Å². The van der Waals surface area contributed by atoms with Crippen molar-refractivity contribution in [2.75, 3.05) is 13.2 Å². The second-order valence-corrected chi connectivity index (χ2v) is 5.52. The van der Waals surface area contributed by atoms with Crippen molar-refractivity contribution in [3.05, 3.63) is 33.9 Å². The van der Waals surface area contributed by atoms with Crippen molar-refractivity contribution in [1.29, 1.82) is 0 Å². The van der Waals surface area contributed by atoms with Crippen molar-refractivity contribution in [1.82, 2.24) is 5.32 Å². The Kier molecular flexibility index (Phi) is 5.88. The smallest absolute Gasteiger partial charge is 0.407 e. The minimum Gasteiger partial charge on any atom is -0.491 e. The highest BCUT2D eigenvalue weighted by Crippen LogP contribution is 2.24. The van der Waals surface area contributed by atoms with Gasteiger partial charge in [0.2, 0.25) is 0 Å². The minimum absolute atomic E-state index is 0.0165. The van der Waals surface area contributed by atoms with Crippen LogP contribution in [0.1, 0.15) is 31.1 Å². The molecule has 2 N–H and O–H groups in total. The maximum absolute atomic E-state index is 11.4. The number of aromatic carboxylic acids is 1. The molecule has 0 radical (unpaired) electrons. The Balaban J connectivity index is 2.60. The minimum atomic E-state index is -1.34. The highest BCUT2D eigenvalue weighted by atomic mass is 16.6. The van der Waals surface area contributed by atoms with Gasteiger partial charge in [0.15, 0.2) is 0 Å². The number of hydrogen-bond acceptors (Lipinski definition) is 6. The molecule has 0 bridgehead atoms. The van der Waals surface area contributed by atoms with Crippen LogP contribution in [0.2, 0.25) is 0 Å². The number of nitrogens with zero attached hydrogens (tertiary/aromatic N) is 1. The van der Waals surface area contributed by atoms with E-state index in [4.69, 9.17) is 14.6 Å². The van der Waals surface area contributed by atoms with Gasteiger partial charge in [-0.3, -0.25) is 10.1 Å². The van der Waals surface area contributed by atoms with Crippen molar-refractivity contribution in [3.63, 3.8) is 0 Å². The van der Waals surface area contributed by atoms with Gasteiger partial charge in [0.05, 0.1) is 11.5 Å². The molecule has 0 unspecified atom stereocenters. The van der Waals surface area contributed by atoms with E-state index >= 15 is 0 Å². The quantitative estimate of drug-likeness (QED) is 0.466. The van der Waals surface area contributed by atoms with E-state index < -0.39 is 22.6 Å². The zero-order chi connectivity index (χ0) is 17.6. The van der Waals surface area contributed by atoms with Crippen LogP contribution in [0.25, 0.3) is 0 Å². The van der Waals surface area contributed by atoms with Crippen LogP contribution in [-0.4, -0.2) is 40.8 Å². The van der Waals surface area contributed by atoms with Gasteiger partial charge in [0.1, 0.15) is 23.5 Å². The summed E-state index contributed by atoms with van der Waals surface area (Å²) in [6.07, 6.45) is -0.622. The molecular formula is C14H18N2O7. The lowest BCUT2D eigenvalue weighted by Gasteiger charge is -2.19. The molecule has 0 fully saturated rings. The molecule has 1 aromatic rings. The first-order chi connectivity index (χ1) is 10.6. The molecule has 0 aliphatic heterocycles. The first-order valence-electron chi connectivity index (χ1n) is 6.71. The van der Waals surface area contributed by atoms with Crippen molar-refractivity contribution in [2.24, 2.45) is 0 Å². The summed E-state index contributed by atoms with van der Waals surface area (Å²) in [5.41, 5.74) is -1.29. The topological polar surface area (TPSA) is 128 Å². The first-order valence-corrected chi connectivity index (χ1v) is 6.71. The molecule has 126 valence electrons. The van der Waals surface area contributed by atoms with Crippen LogP contribution >= 0.6 is 0 Å².